The second kappa shape index (κ2) is 10.8. The Morgan fingerprint density at radius 2 is 2.27 bits per heavy atom. The highest BCUT2D eigenvalue weighted by molar-refractivity contribution is 5.81. The monoisotopic (exact) mass is 364 g/mol. The number of aliphatic imine (C=N–C) groups is 1. The fourth-order valence-electron chi connectivity index (χ4n) is 3.14. The van der Waals surface area contributed by atoms with Crippen molar-refractivity contribution in [1.29, 1.82) is 0 Å². The average Bonchev–Trinajstić information content (AvgIpc) is 3.12. The molecule has 2 rings (SSSR count). The molecule has 1 unspecified atom stereocenters. The summed E-state index contributed by atoms with van der Waals surface area (Å²) in [5, 5.41) is 11.5. The molecule has 0 bridgehead atoms. The van der Waals surface area contributed by atoms with Gasteiger partial charge < -0.3 is 19.5 Å². The molecule has 1 N–H and O–H groups in total. The molecule has 146 valence electrons. The number of rotatable bonds is 8. The van der Waals surface area contributed by atoms with Crippen molar-refractivity contribution in [3.05, 3.63) is 12.2 Å². The van der Waals surface area contributed by atoms with E-state index in [0.29, 0.717) is 13.2 Å². The third kappa shape index (κ3) is 5.71. The zero-order chi connectivity index (χ0) is 18.8. The number of aryl methyl sites for hydroxylation is 1. The van der Waals surface area contributed by atoms with Crippen LogP contribution in [0.15, 0.2) is 11.3 Å². The third-order valence-corrected chi connectivity index (χ3v) is 4.47. The van der Waals surface area contributed by atoms with Gasteiger partial charge >= 0.3 is 5.97 Å². The van der Waals surface area contributed by atoms with Crippen molar-refractivity contribution in [2.45, 2.75) is 53.0 Å². The van der Waals surface area contributed by atoms with Crippen LogP contribution in [-0.4, -0.2) is 64.4 Å². The highest BCUT2D eigenvalue weighted by atomic mass is 16.5. The third-order valence-electron chi connectivity index (χ3n) is 4.47. The molecule has 1 aliphatic rings. The van der Waals surface area contributed by atoms with Gasteiger partial charge in [0.25, 0.3) is 0 Å². The Balaban J connectivity index is 1.94. The summed E-state index contributed by atoms with van der Waals surface area (Å²) in [5.41, 5.74) is 0. The first kappa shape index (κ1) is 20.2. The second-order valence-corrected chi connectivity index (χ2v) is 6.46. The topological polar surface area (TPSA) is 84.6 Å². The summed E-state index contributed by atoms with van der Waals surface area (Å²) >= 11 is 0. The second-order valence-electron chi connectivity index (χ2n) is 6.46. The fraction of sp³-hybridized carbons (Fsp3) is 0.778. The van der Waals surface area contributed by atoms with E-state index >= 15 is 0 Å². The Hall–Kier alpha value is -2.12. The van der Waals surface area contributed by atoms with Gasteiger partial charge in [-0.25, -0.2) is 0 Å². The van der Waals surface area contributed by atoms with E-state index in [1.54, 1.807) is 6.33 Å². The summed E-state index contributed by atoms with van der Waals surface area (Å²) in [5.74, 6) is 1.71. The minimum absolute atomic E-state index is 0.0677. The number of esters is 1. The van der Waals surface area contributed by atoms with E-state index in [-0.39, 0.29) is 11.9 Å². The van der Waals surface area contributed by atoms with Crippen LogP contribution in [0.2, 0.25) is 0 Å². The summed E-state index contributed by atoms with van der Waals surface area (Å²) in [6.45, 7) is 10.4. The molecule has 1 aromatic rings. The van der Waals surface area contributed by atoms with E-state index in [1.165, 1.54) is 0 Å². The lowest BCUT2D eigenvalue weighted by atomic mass is 9.98. The largest absolute Gasteiger partial charge is 0.466 e. The maximum atomic E-state index is 12.1. The number of ether oxygens (including phenoxy) is 1. The Bertz CT molecular complexity index is 586. The van der Waals surface area contributed by atoms with Crippen LogP contribution in [0.3, 0.4) is 0 Å². The number of aromatic nitrogens is 3. The normalized spacial score (nSPS) is 18.0. The number of nitrogens with zero attached hydrogens (tertiary/aromatic N) is 5. The lowest BCUT2D eigenvalue weighted by molar-refractivity contribution is -0.149. The lowest BCUT2D eigenvalue weighted by Crippen LogP contribution is -2.49. The zero-order valence-corrected chi connectivity index (χ0v) is 16.3. The Kier molecular flexibility index (Phi) is 8.37. The van der Waals surface area contributed by atoms with Crippen molar-refractivity contribution in [3.63, 3.8) is 0 Å². The average molecular weight is 364 g/mol. The van der Waals surface area contributed by atoms with Crippen LogP contribution in [0.25, 0.3) is 0 Å². The number of piperidine rings is 1. The molecule has 1 atom stereocenters. The van der Waals surface area contributed by atoms with Crippen LogP contribution in [0.5, 0.6) is 0 Å². The van der Waals surface area contributed by atoms with Gasteiger partial charge in [0.15, 0.2) is 5.96 Å². The zero-order valence-electron chi connectivity index (χ0n) is 16.3. The molecule has 2 heterocycles. The Labute approximate surface area is 156 Å². The van der Waals surface area contributed by atoms with Gasteiger partial charge in [-0.05, 0) is 26.2 Å². The Morgan fingerprint density at radius 3 is 3.00 bits per heavy atom. The van der Waals surface area contributed by atoms with Gasteiger partial charge in [-0.15, -0.1) is 10.2 Å². The number of carbonyl (C=O) groups excluding carboxylic acids is 1. The van der Waals surface area contributed by atoms with E-state index in [1.807, 2.05) is 6.92 Å². The number of hydrogen-bond donors (Lipinski definition) is 1. The van der Waals surface area contributed by atoms with Crippen LogP contribution in [-0.2, 0) is 22.5 Å². The molecule has 1 aromatic heterocycles. The van der Waals surface area contributed by atoms with Crippen LogP contribution >= 0.6 is 0 Å². The molecule has 0 radical (unpaired) electrons. The first-order valence-electron chi connectivity index (χ1n) is 9.76. The first-order chi connectivity index (χ1) is 12.7. The van der Waals surface area contributed by atoms with E-state index in [9.17, 15) is 4.79 Å². The number of guanidine groups is 1. The van der Waals surface area contributed by atoms with Crippen molar-refractivity contribution in [3.8, 4) is 0 Å². The smallest absolute Gasteiger partial charge is 0.310 e. The highest BCUT2D eigenvalue weighted by Crippen LogP contribution is 2.18. The van der Waals surface area contributed by atoms with Gasteiger partial charge in [0.1, 0.15) is 12.2 Å². The molecule has 1 saturated heterocycles. The molecule has 0 aromatic carbocycles. The van der Waals surface area contributed by atoms with Crippen molar-refractivity contribution >= 4 is 11.9 Å². The van der Waals surface area contributed by atoms with Crippen molar-refractivity contribution in [2.75, 3.05) is 32.8 Å². The molecule has 0 amide bonds. The lowest BCUT2D eigenvalue weighted by Gasteiger charge is -2.34. The predicted molar refractivity (Wildman–Crippen MR) is 101 cm³/mol. The molecule has 0 saturated carbocycles. The van der Waals surface area contributed by atoms with Crippen LogP contribution in [0.1, 0.15) is 45.9 Å². The quantitative estimate of drug-likeness (QED) is 0.427. The molecule has 0 aliphatic carbocycles. The fourth-order valence-corrected chi connectivity index (χ4v) is 3.14. The number of nitrogens with one attached hydrogen (secondary N) is 1. The van der Waals surface area contributed by atoms with Gasteiger partial charge in [0, 0.05) is 39.1 Å². The highest BCUT2D eigenvalue weighted by Gasteiger charge is 2.28. The number of carbonyl (C=O) groups is 1. The van der Waals surface area contributed by atoms with E-state index in [4.69, 9.17) is 9.73 Å². The molecule has 26 heavy (non-hydrogen) atoms. The van der Waals surface area contributed by atoms with Gasteiger partial charge in [-0.1, -0.05) is 13.8 Å². The van der Waals surface area contributed by atoms with Crippen molar-refractivity contribution in [1.82, 2.24) is 25.0 Å². The summed E-state index contributed by atoms with van der Waals surface area (Å²) in [6, 6.07) is 0. The molecular formula is C18H32N6O2. The maximum absolute atomic E-state index is 12.1. The van der Waals surface area contributed by atoms with Gasteiger partial charge in [0.05, 0.1) is 12.5 Å². The Morgan fingerprint density at radius 1 is 1.42 bits per heavy atom. The van der Waals surface area contributed by atoms with Crippen LogP contribution in [0.4, 0.5) is 0 Å². The summed E-state index contributed by atoms with van der Waals surface area (Å²) in [4.78, 5) is 19.0. The molecule has 1 fully saturated rings. The number of likely N-dealkylation sites (tertiary alicyclic amines) is 1. The van der Waals surface area contributed by atoms with Crippen LogP contribution < -0.4 is 5.32 Å². The van der Waals surface area contributed by atoms with Crippen molar-refractivity contribution in [2.24, 2.45) is 10.9 Å². The van der Waals surface area contributed by atoms with Crippen molar-refractivity contribution < 1.29 is 9.53 Å². The summed E-state index contributed by atoms with van der Waals surface area (Å²) in [7, 11) is 0. The van der Waals surface area contributed by atoms with Crippen LogP contribution in [0, 0.1) is 5.92 Å². The summed E-state index contributed by atoms with van der Waals surface area (Å²) < 4.78 is 7.26. The molecule has 1 aliphatic heterocycles. The standard InChI is InChI=1S/C18H32N6O2/c1-4-9-19-18(20-10-12-24-14-21-22-16(24)5-2)23-11-7-8-15(13-23)17(25)26-6-3/h14-15H,4-13H2,1-3H3,(H,19,20). The maximum Gasteiger partial charge on any atom is 0.310 e. The van der Waals surface area contributed by atoms with Gasteiger partial charge in [0.2, 0.25) is 0 Å². The van der Waals surface area contributed by atoms with Gasteiger partial charge in [-0.2, -0.15) is 0 Å². The van der Waals surface area contributed by atoms with E-state index in [0.717, 1.165) is 63.6 Å². The molecule has 8 nitrogen and oxygen atoms in total. The van der Waals surface area contributed by atoms with E-state index in [2.05, 4.69) is 38.8 Å². The molecule has 8 heteroatoms. The first-order valence-corrected chi connectivity index (χ1v) is 9.76. The van der Waals surface area contributed by atoms with Gasteiger partial charge in [-0.3, -0.25) is 9.79 Å². The molecule has 0 spiro atoms. The minimum atomic E-state index is -0.0934. The number of hydrogen-bond acceptors (Lipinski definition) is 5. The van der Waals surface area contributed by atoms with E-state index < -0.39 is 0 Å². The SMILES string of the molecule is CCCN=C(NCCn1cnnc1CC)N1CCCC(C(=O)OCC)C1. The minimum Gasteiger partial charge on any atom is -0.466 e. The predicted octanol–water partition coefficient (Wildman–Crippen LogP) is 1.47. The summed E-state index contributed by atoms with van der Waals surface area (Å²) in [6.07, 6.45) is 5.48. The molecular weight excluding hydrogens is 332 g/mol.